The van der Waals surface area contributed by atoms with Crippen molar-refractivity contribution in [2.24, 2.45) is 5.10 Å². The highest BCUT2D eigenvalue weighted by Crippen LogP contribution is 2.37. The number of ether oxygens (including phenoxy) is 4. The molecule has 10 heteroatoms. The summed E-state index contributed by atoms with van der Waals surface area (Å²) >= 11 is 0. The zero-order valence-corrected chi connectivity index (χ0v) is 14.4. The van der Waals surface area contributed by atoms with Gasteiger partial charge in [-0.2, -0.15) is 5.10 Å². The molecule has 0 fully saturated rings. The number of rotatable bonds is 6. The van der Waals surface area contributed by atoms with Gasteiger partial charge in [-0.25, -0.2) is 5.43 Å². The van der Waals surface area contributed by atoms with Crippen molar-refractivity contribution >= 4 is 17.8 Å². The van der Waals surface area contributed by atoms with Crippen LogP contribution in [0.2, 0.25) is 0 Å². The summed E-state index contributed by atoms with van der Waals surface area (Å²) in [6.45, 7) is -0.0108. The Morgan fingerprint density at radius 3 is 2.56 bits per heavy atom. The zero-order chi connectivity index (χ0) is 19.4. The third kappa shape index (κ3) is 3.73. The third-order valence-corrected chi connectivity index (χ3v) is 3.73. The van der Waals surface area contributed by atoms with E-state index in [-0.39, 0.29) is 29.4 Å². The molecule has 0 unspecified atom stereocenters. The van der Waals surface area contributed by atoms with Crippen LogP contribution >= 0.6 is 0 Å². The minimum atomic E-state index is -0.570. The van der Waals surface area contributed by atoms with Gasteiger partial charge in [0.2, 0.25) is 6.79 Å². The predicted molar refractivity (Wildman–Crippen MR) is 93.8 cm³/mol. The van der Waals surface area contributed by atoms with E-state index in [1.165, 1.54) is 44.7 Å². The molecule has 1 amide bonds. The van der Waals surface area contributed by atoms with Gasteiger partial charge in [-0.3, -0.25) is 14.9 Å². The highest BCUT2D eigenvalue weighted by Gasteiger charge is 2.22. The Labute approximate surface area is 153 Å². The van der Waals surface area contributed by atoms with E-state index in [2.05, 4.69) is 10.5 Å². The first-order chi connectivity index (χ1) is 13.0. The average molecular weight is 373 g/mol. The van der Waals surface area contributed by atoms with E-state index in [9.17, 15) is 14.9 Å². The van der Waals surface area contributed by atoms with Crippen molar-refractivity contribution in [2.75, 3.05) is 21.0 Å². The van der Waals surface area contributed by atoms with E-state index in [0.717, 1.165) is 0 Å². The molecular weight excluding hydrogens is 358 g/mol. The normalized spacial score (nSPS) is 12.1. The van der Waals surface area contributed by atoms with Gasteiger partial charge in [0.25, 0.3) is 11.6 Å². The lowest BCUT2D eigenvalue weighted by Gasteiger charge is -2.08. The minimum Gasteiger partial charge on any atom is -0.493 e. The molecule has 0 bridgehead atoms. The van der Waals surface area contributed by atoms with Crippen LogP contribution in [0.15, 0.2) is 35.4 Å². The Morgan fingerprint density at radius 2 is 1.89 bits per heavy atom. The standard InChI is InChI=1S/C17H15N3O7/c1-24-13-4-3-10(5-14(13)25-2)17(21)19-18-8-11-6-15-16(27-9-26-15)7-12(11)20(22)23/h3-8H,9H2,1-2H3,(H,19,21)/b18-8+. The van der Waals surface area contributed by atoms with Crippen LogP contribution in [0.4, 0.5) is 5.69 Å². The molecule has 3 rings (SSSR count). The summed E-state index contributed by atoms with van der Waals surface area (Å²) in [4.78, 5) is 22.8. The number of benzene rings is 2. The van der Waals surface area contributed by atoms with Crippen molar-refractivity contribution in [3.05, 3.63) is 51.6 Å². The van der Waals surface area contributed by atoms with Gasteiger partial charge in [0.15, 0.2) is 23.0 Å². The van der Waals surface area contributed by atoms with Gasteiger partial charge >= 0.3 is 0 Å². The van der Waals surface area contributed by atoms with Gasteiger partial charge in [-0.15, -0.1) is 0 Å². The van der Waals surface area contributed by atoms with Crippen LogP contribution in [0.3, 0.4) is 0 Å². The Bertz CT molecular complexity index is 927. The van der Waals surface area contributed by atoms with E-state index < -0.39 is 10.8 Å². The van der Waals surface area contributed by atoms with Crippen molar-refractivity contribution < 1.29 is 28.7 Å². The molecule has 0 spiro atoms. The first-order valence-corrected chi connectivity index (χ1v) is 7.67. The van der Waals surface area contributed by atoms with Crippen molar-refractivity contribution in [1.29, 1.82) is 0 Å². The molecule has 1 N–H and O–H groups in total. The summed E-state index contributed by atoms with van der Waals surface area (Å²) in [5.74, 6) is 1.01. The Morgan fingerprint density at radius 1 is 1.19 bits per heavy atom. The van der Waals surface area contributed by atoms with Crippen LogP contribution in [0.1, 0.15) is 15.9 Å². The number of hydrogen-bond acceptors (Lipinski definition) is 8. The molecule has 0 radical (unpaired) electrons. The maximum atomic E-state index is 12.2. The van der Waals surface area contributed by atoms with Gasteiger partial charge < -0.3 is 18.9 Å². The summed E-state index contributed by atoms with van der Waals surface area (Å²) in [6, 6.07) is 7.29. The van der Waals surface area contributed by atoms with Crippen LogP contribution in [0, 0.1) is 10.1 Å². The van der Waals surface area contributed by atoms with Crippen molar-refractivity contribution in [3.63, 3.8) is 0 Å². The molecule has 1 heterocycles. The summed E-state index contributed by atoms with van der Waals surface area (Å²) < 4.78 is 20.6. The predicted octanol–water partition coefficient (Wildman–Crippen LogP) is 2.10. The number of fused-ring (bicyclic) bond motifs is 1. The molecular formula is C17H15N3O7. The summed E-state index contributed by atoms with van der Waals surface area (Å²) in [6.07, 6.45) is 1.17. The third-order valence-electron chi connectivity index (χ3n) is 3.73. The molecule has 10 nitrogen and oxygen atoms in total. The summed E-state index contributed by atoms with van der Waals surface area (Å²) in [5, 5.41) is 15.0. The smallest absolute Gasteiger partial charge is 0.282 e. The molecule has 27 heavy (non-hydrogen) atoms. The maximum absolute atomic E-state index is 12.2. The second kappa shape index (κ2) is 7.60. The fourth-order valence-electron chi connectivity index (χ4n) is 2.41. The van der Waals surface area contributed by atoms with Gasteiger partial charge in [0.05, 0.1) is 37.0 Å². The van der Waals surface area contributed by atoms with Crippen LogP contribution in [-0.4, -0.2) is 38.1 Å². The number of hydrogen-bond donors (Lipinski definition) is 1. The fourth-order valence-corrected chi connectivity index (χ4v) is 2.41. The zero-order valence-electron chi connectivity index (χ0n) is 14.4. The number of amides is 1. The lowest BCUT2D eigenvalue weighted by molar-refractivity contribution is -0.385. The van der Waals surface area contributed by atoms with Gasteiger partial charge in [-0.05, 0) is 24.3 Å². The number of nitro benzene ring substituents is 1. The molecule has 140 valence electrons. The summed E-state index contributed by atoms with van der Waals surface area (Å²) in [5.41, 5.74) is 2.54. The topological polar surface area (TPSA) is 122 Å². The molecule has 0 aliphatic carbocycles. The molecule has 0 saturated carbocycles. The second-order valence-corrected chi connectivity index (χ2v) is 5.29. The molecule has 0 saturated heterocycles. The number of nitrogens with one attached hydrogen (secondary N) is 1. The lowest BCUT2D eigenvalue weighted by atomic mass is 10.1. The van der Waals surface area contributed by atoms with Crippen LogP contribution < -0.4 is 24.4 Å². The van der Waals surface area contributed by atoms with E-state index in [4.69, 9.17) is 18.9 Å². The molecule has 0 aromatic heterocycles. The largest absolute Gasteiger partial charge is 0.493 e. The van der Waals surface area contributed by atoms with Crippen molar-refractivity contribution in [1.82, 2.24) is 5.43 Å². The van der Waals surface area contributed by atoms with Crippen molar-refractivity contribution in [3.8, 4) is 23.0 Å². The van der Waals surface area contributed by atoms with Crippen LogP contribution in [0.25, 0.3) is 0 Å². The molecule has 2 aromatic rings. The van der Waals surface area contributed by atoms with Gasteiger partial charge in [0.1, 0.15) is 0 Å². The summed E-state index contributed by atoms with van der Waals surface area (Å²) in [7, 11) is 2.94. The minimum absolute atomic E-state index is 0.0108. The van der Waals surface area contributed by atoms with E-state index in [0.29, 0.717) is 17.2 Å². The highest BCUT2D eigenvalue weighted by molar-refractivity contribution is 5.96. The lowest BCUT2D eigenvalue weighted by Crippen LogP contribution is -2.17. The fraction of sp³-hybridized carbons (Fsp3) is 0.176. The van der Waals surface area contributed by atoms with E-state index in [1.807, 2.05) is 0 Å². The quantitative estimate of drug-likeness (QED) is 0.467. The average Bonchev–Trinajstić information content (AvgIpc) is 3.13. The maximum Gasteiger partial charge on any atom is 0.282 e. The number of carbonyl (C=O) groups excluding carboxylic acids is 1. The Kier molecular flexibility index (Phi) is 5.06. The van der Waals surface area contributed by atoms with Crippen molar-refractivity contribution in [2.45, 2.75) is 0 Å². The van der Waals surface area contributed by atoms with Gasteiger partial charge in [-0.1, -0.05) is 0 Å². The number of nitrogens with zero attached hydrogens (tertiary/aromatic N) is 2. The first-order valence-electron chi connectivity index (χ1n) is 7.67. The molecule has 1 aliphatic heterocycles. The number of carbonyl (C=O) groups is 1. The van der Waals surface area contributed by atoms with Crippen LogP contribution in [0.5, 0.6) is 23.0 Å². The molecule has 1 aliphatic rings. The van der Waals surface area contributed by atoms with Gasteiger partial charge in [0, 0.05) is 5.56 Å². The number of nitro groups is 1. The SMILES string of the molecule is COc1ccc(C(=O)N/N=C/c2cc3c(cc2[N+](=O)[O-])OCO3)cc1OC. The Hall–Kier alpha value is -3.82. The molecule has 0 atom stereocenters. The van der Waals surface area contributed by atoms with E-state index >= 15 is 0 Å². The Balaban J connectivity index is 1.78. The molecule has 2 aromatic carbocycles. The monoisotopic (exact) mass is 373 g/mol. The van der Waals surface area contributed by atoms with E-state index in [1.54, 1.807) is 6.07 Å². The number of hydrazone groups is 1. The number of methoxy groups -OCH3 is 2. The first kappa shape index (κ1) is 18.0. The second-order valence-electron chi connectivity index (χ2n) is 5.29. The highest BCUT2D eigenvalue weighted by atomic mass is 16.7. The van der Waals surface area contributed by atoms with Crippen LogP contribution in [-0.2, 0) is 0 Å².